The van der Waals surface area contributed by atoms with E-state index in [1.54, 1.807) is 0 Å². The number of nitrogens with two attached hydrogens (primary N) is 1. The molecule has 3 nitrogen and oxygen atoms in total. The molecule has 0 aromatic heterocycles. The maximum Gasteiger partial charge on any atom is 0.209 e. The van der Waals surface area contributed by atoms with Gasteiger partial charge in [0.05, 0.1) is 5.75 Å². The second-order valence-electron chi connectivity index (χ2n) is 2.07. The topological polar surface area (TPSA) is 60.2 Å². The van der Waals surface area contributed by atoms with Gasteiger partial charge in [-0.05, 0) is 6.42 Å². The number of sulfonamides is 1. The first-order valence-electron chi connectivity index (χ1n) is 3.06. The standard InChI is InChI=1S/C5H13NO2S.Cu/c1-2-3-4-5-9(6,7)8;/h2-5H2,1H3,(H2,6,7,8);. The fourth-order valence-corrected chi connectivity index (χ4v) is 1.16. The van der Waals surface area contributed by atoms with E-state index in [1.165, 1.54) is 0 Å². The summed E-state index contributed by atoms with van der Waals surface area (Å²) < 4.78 is 20.6. The molecule has 0 saturated carbocycles. The zero-order valence-corrected chi connectivity index (χ0v) is 7.69. The van der Waals surface area contributed by atoms with Crippen molar-refractivity contribution in [2.24, 2.45) is 5.14 Å². The Morgan fingerprint density at radius 1 is 1.30 bits per heavy atom. The summed E-state index contributed by atoms with van der Waals surface area (Å²) in [5.41, 5.74) is 0. The second kappa shape index (κ2) is 6.16. The molecular weight excluding hydrogens is 202 g/mol. The van der Waals surface area contributed by atoms with Gasteiger partial charge in [0.25, 0.3) is 0 Å². The van der Waals surface area contributed by atoms with Crippen LogP contribution in [0.15, 0.2) is 0 Å². The van der Waals surface area contributed by atoms with Gasteiger partial charge in [0.15, 0.2) is 0 Å². The van der Waals surface area contributed by atoms with Crippen molar-refractivity contribution in [1.29, 1.82) is 0 Å². The SMILES string of the molecule is CCCCCS(N)(=O)=O.[Cu]. The molecule has 0 aliphatic carbocycles. The van der Waals surface area contributed by atoms with E-state index < -0.39 is 10.0 Å². The van der Waals surface area contributed by atoms with Crippen LogP contribution < -0.4 is 5.14 Å². The smallest absolute Gasteiger partial charge is 0.209 e. The summed E-state index contributed by atoms with van der Waals surface area (Å²) in [5.74, 6) is 0.126. The van der Waals surface area contributed by atoms with Crippen molar-refractivity contribution in [3.8, 4) is 0 Å². The number of hydrogen-bond acceptors (Lipinski definition) is 2. The predicted molar refractivity (Wildman–Crippen MR) is 37.5 cm³/mol. The van der Waals surface area contributed by atoms with Crippen molar-refractivity contribution < 1.29 is 25.5 Å². The van der Waals surface area contributed by atoms with E-state index in [2.05, 4.69) is 0 Å². The average Bonchev–Trinajstić information content (AvgIpc) is 1.63. The second-order valence-corrected chi connectivity index (χ2v) is 3.81. The van der Waals surface area contributed by atoms with Crippen LogP contribution in [0.25, 0.3) is 0 Å². The Balaban J connectivity index is 0. The quantitative estimate of drug-likeness (QED) is 0.546. The van der Waals surface area contributed by atoms with Gasteiger partial charge in [-0.15, -0.1) is 0 Å². The maximum absolute atomic E-state index is 10.3. The zero-order valence-electron chi connectivity index (χ0n) is 5.93. The summed E-state index contributed by atoms with van der Waals surface area (Å²) in [6, 6.07) is 0. The van der Waals surface area contributed by atoms with Gasteiger partial charge in [-0.2, -0.15) is 0 Å². The summed E-state index contributed by atoms with van der Waals surface area (Å²) in [4.78, 5) is 0. The van der Waals surface area contributed by atoms with Crippen LogP contribution in [0.3, 0.4) is 0 Å². The Kier molecular flexibility index (Phi) is 8.04. The minimum absolute atomic E-state index is 0. The van der Waals surface area contributed by atoms with Gasteiger partial charge in [-0.3, -0.25) is 0 Å². The normalized spacial score (nSPS) is 10.6. The molecule has 0 rings (SSSR count). The van der Waals surface area contributed by atoms with Crippen LogP contribution in [0.5, 0.6) is 0 Å². The maximum atomic E-state index is 10.3. The van der Waals surface area contributed by atoms with Gasteiger partial charge >= 0.3 is 0 Å². The third kappa shape index (κ3) is 11.3. The van der Waals surface area contributed by atoms with Crippen LogP contribution in [0.2, 0.25) is 0 Å². The summed E-state index contributed by atoms with van der Waals surface area (Å²) >= 11 is 0. The summed E-state index contributed by atoms with van der Waals surface area (Å²) in [6.45, 7) is 2.02. The van der Waals surface area contributed by atoms with E-state index in [9.17, 15) is 8.42 Å². The van der Waals surface area contributed by atoms with Crippen LogP contribution in [0.4, 0.5) is 0 Å². The minimum atomic E-state index is -3.20. The molecule has 2 N–H and O–H groups in total. The predicted octanol–water partition coefficient (Wildman–Crippen LogP) is 0.463. The minimum Gasteiger partial charge on any atom is -0.229 e. The molecule has 0 aliphatic rings. The monoisotopic (exact) mass is 214 g/mol. The van der Waals surface area contributed by atoms with Crippen molar-refractivity contribution in [2.45, 2.75) is 26.2 Å². The average molecular weight is 215 g/mol. The Bertz CT molecular complexity index is 155. The first-order valence-corrected chi connectivity index (χ1v) is 4.78. The molecule has 0 amide bonds. The molecule has 0 unspecified atom stereocenters. The first kappa shape index (κ1) is 13.1. The Hall–Kier alpha value is 0.429. The summed E-state index contributed by atoms with van der Waals surface area (Å²) in [6.07, 6.45) is 2.65. The molecule has 0 atom stereocenters. The summed E-state index contributed by atoms with van der Waals surface area (Å²) in [7, 11) is -3.20. The van der Waals surface area contributed by atoms with E-state index >= 15 is 0 Å². The molecule has 67 valence electrons. The molecule has 0 aromatic carbocycles. The Morgan fingerprint density at radius 2 is 1.80 bits per heavy atom. The van der Waals surface area contributed by atoms with Crippen LogP contribution in [0, 0.1) is 0 Å². The number of hydrogen-bond donors (Lipinski definition) is 1. The first-order chi connectivity index (χ1) is 4.06. The van der Waals surface area contributed by atoms with Crippen molar-refractivity contribution in [1.82, 2.24) is 0 Å². The molecule has 0 fully saturated rings. The van der Waals surface area contributed by atoms with Gasteiger partial charge in [0, 0.05) is 17.1 Å². The molecule has 0 saturated heterocycles. The molecule has 1 radical (unpaired) electrons. The van der Waals surface area contributed by atoms with Crippen LogP contribution in [-0.2, 0) is 27.1 Å². The zero-order chi connectivity index (χ0) is 7.33. The Morgan fingerprint density at radius 3 is 2.10 bits per heavy atom. The van der Waals surface area contributed by atoms with Gasteiger partial charge in [-0.25, -0.2) is 13.6 Å². The van der Waals surface area contributed by atoms with Crippen molar-refractivity contribution in [3.05, 3.63) is 0 Å². The summed E-state index contributed by atoms with van der Waals surface area (Å²) in [5, 5.41) is 4.75. The third-order valence-corrected chi connectivity index (χ3v) is 1.89. The van der Waals surface area contributed by atoms with E-state index in [0.29, 0.717) is 6.42 Å². The van der Waals surface area contributed by atoms with E-state index in [-0.39, 0.29) is 22.8 Å². The number of rotatable bonds is 4. The van der Waals surface area contributed by atoms with E-state index in [1.807, 2.05) is 6.92 Å². The largest absolute Gasteiger partial charge is 0.229 e. The molecule has 10 heavy (non-hydrogen) atoms. The third-order valence-electron chi connectivity index (χ3n) is 1.03. The van der Waals surface area contributed by atoms with Crippen molar-refractivity contribution in [3.63, 3.8) is 0 Å². The van der Waals surface area contributed by atoms with Gasteiger partial charge in [-0.1, -0.05) is 19.8 Å². The number of unbranched alkanes of at least 4 members (excludes halogenated alkanes) is 2. The van der Waals surface area contributed by atoms with E-state index in [0.717, 1.165) is 12.8 Å². The number of primary sulfonamides is 1. The van der Waals surface area contributed by atoms with Crippen molar-refractivity contribution >= 4 is 10.0 Å². The van der Waals surface area contributed by atoms with E-state index in [4.69, 9.17) is 5.14 Å². The molecule has 0 spiro atoms. The molecule has 0 aliphatic heterocycles. The van der Waals surface area contributed by atoms with Gasteiger partial charge in [0.1, 0.15) is 0 Å². The van der Waals surface area contributed by atoms with Gasteiger partial charge < -0.3 is 0 Å². The molecule has 0 aromatic rings. The molecule has 0 bridgehead atoms. The van der Waals surface area contributed by atoms with Crippen LogP contribution in [-0.4, -0.2) is 14.2 Å². The van der Waals surface area contributed by atoms with Crippen molar-refractivity contribution in [2.75, 3.05) is 5.75 Å². The Labute approximate surface area is 72.9 Å². The molecular formula is C5H13CuNO2S. The fraction of sp³-hybridized carbons (Fsp3) is 1.00. The molecule has 0 heterocycles. The van der Waals surface area contributed by atoms with Crippen LogP contribution in [0.1, 0.15) is 26.2 Å². The molecule has 5 heteroatoms. The van der Waals surface area contributed by atoms with Gasteiger partial charge in [0.2, 0.25) is 10.0 Å². The van der Waals surface area contributed by atoms with Crippen LogP contribution >= 0.6 is 0 Å². The fourth-order valence-electron chi connectivity index (χ4n) is 0.553.